The van der Waals surface area contributed by atoms with E-state index in [1.165, 1.54) is 30.8 Å². The van der Waals surface area contributed by atoms with Gasteiger partial charge in [0.25, 0.3) is 5.91 Å². The minimum absolute atomic E-state index is 0.00528. The number of hydrogen-bond acceptors (Lipinski definition) is 26. The van der Waals surface area contributed by atoms with Crippen LogP contribution in [0.5, 0.6) is 0 Å². The molecule has 1 unspecified atom stereocenters. The summed E-state index contributed by atoms with van der Waals surface area (Å²) in [6.45, 7) is 6.82. The fourth-order valence-corrected chi connectivity index (χ4v) is 14.1. The number of aliphatic hydroxyl groups excluding tert-OH is 2. The average Bonchev–Trinajstić information content (AvgIpc) is 0.886. The molecule has 1 fully saturated rings. The van der Waals surface area contributed by atoms with Gasteiger partial charge in [-0.1, -0.05) is 100 Å². The predicted octanol–water partition coefficient (Wildman–Crippen LogP) is -2.17. The smallest absolute Gasteiger partial charge is 0.328 e. The van der Waals surface area contributed by atoms with Crippen molar-refractivity contribution in [2.45, 2.75) is 194 Å². The molecule has 0 spiro atoms. The van der Waals surface area contributed by atoms with Gasteiger partial charge in [-0.15, -0.1) is 0 Å². The molecule has 694 valence electrons. The van der Waals surface area contributed by atoms with Crippen LogP contribution in [0.15, 0.2) is 142 Å². The molecule has 4 aromatic carbocycles. The molecule has 0 bridgehead atoms. The first-order valence-corrected chi connectivity index (χ1v) is 42.8. The number of ether oxygens (including phenoxy) is 1. The van der Waals surface area contributed by atoms with Crippen LogP contribution in [0, 0.1) is 11.8 Å². The van der Waals surface area contributed by atoms with E-state index >= 15 is 0 Å². The first kappa shape index (κ1) is 104. The number of nitrogens with one attached hydrogen (secondary N) is 15. The number of primary amides is 1. The quantitative estimate of drug-likeness (QED) is 0.00861. The summed E-state index contributed by atoms with van der Waals surface area (Å²) < 4.78 is 5.60. The molecule has 29 N–H and O–H groups in total. The van der Waals surface area contributed by atoms with E-state index in [4.69, 9.17) is 39.1 Å². The maximum Gasteiger partial charge on any atom is 0.328 e. The Morgan fingerprint density at radius 1 is 0.602 bits per heavy atom. The highest BCUT2D eigenvalue weighted by molar-refractivity contribution is 7.99. The Morgan fingerprint density at radius 2 is 1.17 bits per heavy atom. The highest BCUT2D eigenvalue weighted by atomic mass is 32.2. The first-order chi connectivity index (χ1) is 61.1. The number of carbonyl (C=O) groups excluding carboxylic acids is 15. The molecule has 1 saturated heterocycles. The fraction of sp³-hybridized carbons (Fsp3) is 0.453. The van der Waals surface area contributed by atoms with Crippen LogP contribution in [0.2, 0.25) is 0 Å². The number of benzene rings is 4. The number of nitrogen functional groups attached to an aromatic ring is 1. The third-order valence-corrected chi connectivity index (χ3v) is 21.0. The van der Waals surface area contributed by atoms with Crippen molar-refractivity contribution in [1.29, 1.82) is 0 Å². The highest BCUT2D eigenvalue weighted by Crippen LogP contribution is 2.33. The second-order valence-electron chi connectivity index (χ2n) is 31.0. The average molecular weight is 1800 g/mol. The zero-order valence-corrected chi connectivity index (χ0v) is 73.4. The number of nitrogens with zero attached hydrogens (tertiary/aromatic N) is 2. The molecule has 16 amide bonds. The van der Waals surface area contributed by atoms with Gasteiger partial charge in [0.2, 0.25) is 65.0 Å². The molecule has 13 atom stereocenters. The van der Waals surface area contributed by atoms with E-state index < -0.39 is 187 Å². The monoisotopic (exact) mass is 1800 g/mol. The molecule has 2 heterocycles. The van der Waals surface area contributed by atoms with Crippen LogP contribution in [-0.4, -0.2) is 241 Å². The van der Waals surface area contributed by atoms with Crippen molar-refractivity contribution in [3.05, 3.63) is 155 Å². The Kier molecular flexibility index (Phi) is 43.4. The molecular formula is C86H121N23O18S. The van der Waals surface area contributed by atoms with Crippen LogP contribution in [-0.2, 0) is 75.3 Å². The van der Waals surface area contributed by atoms with Gasteiger partial charge in [0, 0.05) is 59.5 Å². The third kappa shape index (κ3) is 34.4. The van der Waals surface area contributed by atoms with E-state index in [9.17, 15) is 82.1 Å². The second-order valence-corrected chi connectivity index (χ2v) is 32.1. The normalized spacial score (nSPS) is 19.1. The van der Waals surface area contributed by atoms with E-state index in [0.717, 1.165) is 11.8 Å². The topological polar surface area (TPSA) is 668 Å². The summed E-state index contributed by atoms with van der Waals surface area (Å²) >= 11 is 1.34. The predicted molar refractivity (Wildman–Crippen MR) is 478 cm³/mol. The van der Waals surface area contributed by atoms with Crippen molar-refractivity contribution < 1.29 is 86.9 Å². The number of amides is 16. The van der Waals surface area contributed by atoms with Crippen molar-refractivity contribution in [2.75, 3.05) is 63.9 Å². The Labute approximate surface area is 745 Å². The summed E-state index contributed by atoms with van der Waals surface area (Å²) in [4.78, 5) is 220. The number of allylic oxidation sites excluding steroid dienone is 1. The maximum absolute atomic E-state index is 14.8. The first-order valence-electron chi connectivity index (χ1n) is 42.0. The number of aliphatic hydroxyl groups is 2. The minimum atomic E-state index is -1.91. The summed E-state index contributed by atoms with van der Waals surface area (Å²) in [5, 5.41) is 60.2. The number of hydrogen-bond donors (Lipinski definition) is 23. The van der Waals surface area contributed by atoms with Gasteiger partial charge in [-0.05, 0) is 181 Å². The standard InChI is InChI=1S/C86H121N23O18S/c1-47(2)42-66-80(120)101-61(30-35-87)75(115)100-64(33-38-90)79(119)107-71(49(5)110)82(122)95-41-34-65(78(118)99-62(31-36-88)77(117)106-67(81(121)105-66)43-51-16-9-8-10-17-51)102-76(116)63(32-37-89)104-84(124)72(50(6)111)109-86(126)108-70(48(3)4)83(123)103-60(20-15-40-96-85(92)125)74(114)98-54-24-22-52(23-25-54)46-127-69(112)45-97-59(29-26-53-18-13-14-39-94-53)56-28-27-55(44-58(56)91)128-68-21-12-11-19-57(68)73(113)93-7/h8-14,16-19,21-29,39,44,47-50,60-67,70-72,110-111H,15,20,30-38,40-43,45-46,87-91H2,1-7H3,(H,93,113)(H,95,122)(H,98,114)(H,99,118)(H,100,115)(H,101,120)(H,102,116)(H,103,123)(H,104,124)(H,105,121)(H,106,117)(H,107,119)(H3,92,96,125)(H2,108,109,126)/b29-26+,97-59?/t49-,50-,60+,61+,62+,63?,64+,65+,66+,67-,70+,71+,72+/m1/s1. The number of nitrogens with two attached hydrogens (primary N) is 6. The van der Waals surface area contributed by atoms with E-state index in [1.54, 1.807) is 132 Å². The molecule has 1 aliphatic heterocycles. The van der Waals surface area contributed by atoms with Crippen molar-refractivity contribution in [3.8, 4) is 0 Å². The second kappa shape index (κ2) is 53.5. The summed E-state index contributed by atoms with van der Waals surface area (Å²) in [7, 11) is 1.55. The zero-order valence-electron chi connectivity index (χ0n) is 72.6. The molecule has 6 rings (SSSR count). The van der Waals surface area contributed by atoms with Gasteiger partial charge in [-0.25, -0.2) is 9.59 Å². The molecule has 1 aliphatic rings. The summed E-state index contributed by atoms with van der Waals surface area (Å²) in [6, 6.07) is 13.1. The Bertz CT molecular complexity index is 4660. The lowest BCUT2D eigenvalue weighted by atomic mass is 10.00. The molecule has 0 saturated carbocycles. The highest BCUT2D eigenvalue weighted by Gasteiger charge is 2.39. The largest absolute Gasteiger partial charge is 0.459 e. The molecular weight excluding hydrogens is 1680 g/mol. The van der Waals surface area contributed by atoms with Crippen molar-refractivity contribution >= 4 is 124 Å². The zero-order chi connectivity index (χ0) is 94.1. The minimum Gasteiger partial charge on any atom is -0.459 e. The SMILES string of the molecule is CNC(=O)c1ccccc1Sc1ccc(C(/C=C/c2ccccn2)=NCC(=O)OCc2ccc(NC(=O)[C@H](CCCNC(N)=O)NC(=O)[C@@H](NC(=O)N[C@H](C(=O)NC(CCN)C(=O)N[C@H]3CCNC(=O)[C@H]([C@@H](C)O)NC(=O)[C@H](CCN)NC(=O)[C@H](CCN)NC(=O)[C@H](CC(C)C)NC(=O)[C@@H](Cc4ccccc4)NC(=O)[C@H](CCN)NC3=O)[C@@H](C)O)C(C)C)cc2)c(N)c1. The summed E-state index contributed by atoms with van der Waals surface area (Å²) in [5.74, 6) is -12.6. The van der Waals surface area contributed by atoms with E-state index in [-0.39, 0.29) is 108 Å². The van der Waals surface area contributed by atoms with Crippen LogP contribution < -0.4 is 114 Å². The number of aromatic nitrogens is 1. The van der Waals surface area contributed by atoms with Crippen molar-refractivity contribution in [3.63, 3.8) is 0 Å². The van der Waals surface area contributed by atoms with Gasteiger partial charge in [0.1, 0.15) is 79.6 Å². The van der Waals surface area contributed by atoms with E-state index in [0.29, 0.717) is 44.2 Å². The number of rotatable bonds is 39. The molecule has 41 nitrogen and oxygen atoms in total. The van der Waals surface area contributed by atoms with Crippen LogP contribution in [0.4, 0.5) is 21.0 Å². The summed E-state index contributed by atoms with van der Waals surface area (Å²) in [6.07, 6.45) is -0.132. The molecule has 0 aliphatic carbocycles. The molecule has 1 aromatic heterocycles. The van der Waals surface area contributed by atoms with Crippen molar-refractivity contribution in [2.24, 2.45) is 45.5 Å². The van der Waals surface area contributed by atoms with Gasteiger partial charge < -0.3 is 129 Å². The van der Waals surface area contributed by atoms with Crippen molar-refractivity contribution in [1.82, 2.24) is 79.4 Å². The Morgan fingerprint density at radius 3 is 1.75 bits per heavy atom. The Hall–Kier alpha value is -13.0. The van der Waals surface area contributed by atoms with Crippen LogP contribution in [0.25, 0.3) is 6.08 Å². The molecule has 128 heavy (non-hydrogen) atoms. The molecule has 5 aromatic rings. The number of pyridine rings is 1. The number of anilines is 2. The lowest BCUT2D eigenvalue weighted by Gasteiger charge is -2.29. The lowest BCUT2D eigenvalue weighted by molar-refractivity contribution is -0.143. The molecule has 0 radical (unpaired) electrons. The molecule has 42 heteroatoms. The van der Waals surface area contributed by atoms with Gasteiger partial charge in [-0.2, -0.15) is 0 Å². The van der Waals surface area contributed by atoms with E-state index in [1.807, 2.05) is 24.3 Å². The summed E-state index contributed by atoms with van der Waals surface area (Å²) in [5.41, 5.74) is 39.3. The fourth-order valence-electron chi connectivity index (χ4n) is 13.1. The lowest BCUT2D eigenvalue weighted by Crippen LogP contribution is -2.62. The third-order valence-electron chi connectivity index (χ3n) is 19.9. The maximum atomic E-state index is 14.8. The Balaban J connectivity index is 1.17. The van der Waals surface area contributed by atoms with E-state index in [2.05, 4.69) is 89.7 Å². The van der Waals surface area contributed by atoms with Gasteiger partial charge >= 0.3 is 18.0 Å². The van der Waals surface area contributed by atoms with Crippen LogP contribution in [0.3, 0.4) is 0 Å². The van der Waals surface area contributed by atoms with Gasteiger partial charge in [0.15, 0.2) is 0 Å². The number of aliphatic imine (C=N–C) groups is 1. The van der Waals surface area contributed by atoms with Gasteiger partial charge in [-0.3, -0.25) is 72.3 Å². The van der Waals surface area contributed by atoms with Gasteiger partial charge in [0.05, 0.1) is 29.2 Å². The van der Waals surface area contributed by atoms with Crippen LogP contribution in [0.1, 0.15) is 126 Å². The number of carbonyl (C=O) groups is 15. The number of esters is 1. The van der Waals surface area contributed by atoms with Crippen LogP contribution >= 0.6 is 11.8 Å². The number of urea groups is 2.